The van der Waals surface area contributed by atoms with Crippen molar-refractivity contribution >= 4 is 27.5 Å². The molecule has 0 aromatic heterocycles. The summed E-state index contributed by atoms with van der Waals surface area (Å²) < 4.78 is 47.1. The summed E-state index contributed by atoms with van der Waals surface area (Å²) in [6.45, 7) is 3.88. The van der Waals surface area contributed by atoms with Crippen LogP contribution in [0.4, 0.5) is 10.1 Å². The minimum atomic E-state index is -3.96. The van der Waals surface area contributed by atoms with Gasteiger partial charge in [0.1, 0.15) is 11.9 Å². The van der Waals surface area contributed by atoms with Crippen molar-refractivity contribution in [3.63, 3.8) is 0 Å². The summed E-state index contributed by atoms with van der Waals surface area (Å²) in [4.78, 5) is 27.7. The normalized spacial score (nSPS) is 16.9. The summed E-state index contributed by atoms with van der Waals surface area (Å²) in [6.07, 6.45) is 1.66. The van der Waals surface area contributed by atoms with Gasteiger partial charge in [0.2, 0.25) is 21.8 Å². The van der Waals surface area contributed by atoms with E-state index in [1.54, 1.807) is 32.0 Å². The van der Waals surface area contributed by atoms with Gasteiger partial charge in [0.15, 0.2) is 0 Å². The Morgan fingerprint density at radius 2 is 1.88 bits per heavy atom. The van der Waals surface area contributed by atoms with Crippen molar-refractivity contribution in [2.45, 2.75) is 43.7 Å². The molecule has 1 saturated heterocycles. The Labute approximate surface area is 199 Å². The summed E-state index contributed by atoms with van der Waals surface area (Å²) in [5.74, 6) is -2.03. The first-order valence-corrected chi connectivity index (χ1v) is 12.7. The zero-order valence-corrected chi connectivity index (χ0v) is 20.1. The van der Waals surface area contributed by atoms with E-state index in [9.17, 15) is 22.4 Å². The highest BCUT2D eigenvalue weighted by molar-refractivity contribution is 7.89. The van der Waals surface area contributed by atoms with Crippen LogP contribution in [-0.2, 0) is 24.3 Å². The monoisotopic (exact) mass is 491 g/mol. The molecule has 34 heavy (non-hydrogen) atoms. The van der Waals surface area contributed by atoms with Crippen LogP contribution in [0.3, 0.4) is 0 Å². The van der Waals surface area contributed by atoms with Gasteiger partial charge in [-0.1, -0.05) is 38.1 Å². The lowest BCUT2D eigenvalue weighted by atomic mass is 10.00. The van der Waals surface area contributed by atoms with Crippen LogP contribution in [0.15, 0.2) is 59.5 Å². The third-order valence-electron chi connectivity index (χ3n) is 5.53. The van der Waals surface area contributed by atoms with Gasteiger partial charge < -0.3 is 10.1 Å². The molecule has 0 spiro atoms. The van der Waals surface area contributed by atoms with Gasteiger partial charge in [0.25, 0.3) is 0 Å². The van der Waals surface area contributed by atoms with Crippen LogP contribution in [-0.4, -0.2) is 52.1 Å². The minimum Gasteiger partial charge on any atom is -0.376 e. The van der Waals surface area contributed by atoms with Crippen LogP contribution < -0.4 is 14.9 Å². The van der Waals surface area contributed by atoms with Crippen LogP contribution in [0.25, 0.3) is 0 Å². The Morgan fingerprint density at radius 1 is 1.15 bits per heavy atom. The molecule has 1 heterocycles. The predicted molar refractivity (Wildman–Crippen MR) is 126 cm³/mol. The molecular formula is C24H30FN3O5S. The topological polar surface area (TPSA) is 105 Å². The number of rotatable bonds is 10. The summed E-state index contributed by atoms with van der Waals surface area (Å²) in [5, 5.41) is 2.83. The lowest BCUT2D eigenvalue weighted by molar-refractivity contribution is -0.127. The number of nitrogens with one attached hydrogen (secondary N) is 2. The second kappa shape index (κ2) is 11.5. The van der Waals surface area contributed by atoms with E-state index in [1.165, 1.54) is 30.3 Å². The van der Waals surface area contributed by atoms with E-state index < -0.39 is 40.2 Å². The van der Waals surface area contributed by atoms with Gasteiger partial charge in [-0.05, 0) is 49.1 Å². The highest BCUT2D eigenvalue weighted by atomic mass is 32.2. The molecule has 3 rings (SSSR count). The van der Waals surface area contributed by atoms with E-state index in [2.05, 4.69) is 10.0 Å². The average molecular weight is 492 g/mol. The largest absolute Gasteiger partial charge is 0.376 e. The van der Waals surface area contributed by atoms with E-state index >= 15 is 0 Å². The Bertz CT molecular complexity index is 1090. The van der Waals surface area contributed by atoms with Crippen molar-refractivity contribution in [2.75, 3.05) is 24.6 Å². The van der Waals surface area contributed by atoms with Gasteiger partial charge in [-0.25, -0.2) is 17.5 Å². The summed E-state index contributed by atoms with van der Waals surface area (Å²) in [5.41, 5.74) is 0.162. The minimum absolute atomic E-state index is 0.00909. The molecule has 0 aliphatic carbocycles. The molecule has 2 aromatic carbocycles. The van der Waals surface area contributed by atoms with E-state index in [0.717, 1.165) is 23.8 Å². The molecule has 2 N–H and O–H groups in total. The van der Waals surface area contributed by atoms with Crippen molar-refractivity contribution in [1.82, 2.24) is 10.0 Å². The maximum Gasteiger partial charge on any atom is 0.243 e. The number of carbonyl (C=O) groups excluding carboxylic acids is 2. The number of hydrogen-bond donors (Lipinski definition) is 2. The van der Waals surface area contributed by atoms with Crippen LogP contribution in [0.5, 0.6) is 0 Å². The number of halogens is 1. The summed E-state index contributed by atoms with van der Waals surface area (Å²) in [6, 6.07) is 12.0. The third kappa shape index (κ3) is 6.62. The fourth-order valence-corrected chi connectivity index (χ4v) is 4.85. The molecule has 184 valence electrons. The molecule has 2 amide bonds. The number of anilines is 1. The van der Waals surface area contributed by atoms with Crippen molar-refractivity contribution in [3.05, 3.63) is 60.4 Å². The van der Waals surface area contributed by atoms with Crippen LogP contribution in [0.2, 0.25) is 0 Å². The van der Waals surface area contributed by atoms with Crippen molar-refractivity contribution in [3.8, 4) is 0 Å². The number of nitrogens with zero attached hydrogens (tertiary/aromatic N) is 1. The Morgan fingerprint density at radius 3 is 2.50 bits per heavy atom. The predicted octanol–water partition coefficient (Wildman–Crippen LogP) is 2.46. The standard InChI is InChI=1S/C24H30FN3O5S/c1-17(2)23(24(30)26-15-20-10-7-13-33-20)28(19-9-6-8-18(25)14-19)22(29)16-27-34(31,32)21-11-4-3-5-12-21/h3-6,8-9,11-12,14,17,20,23,27H,7,10,13,15-16H2,1-2H3,(H,26,30)/t20-,23+/m1/s1. The maximum atomic E-state index is 14.0. The second-order valence-electron chi connectivity index (χ2n) is 8.45. The Kier molecular flexibility index (Phi) is 8.76. The maximum absolute atomic E-state index is 14.0. The first-order chi connectivity index (χ1) is 16.2. The average Bonchev–Trinajstić information content (AvgIpc) is 3.33. The van der Waals surface area contributed by atoms with Gasteiger partial charge in [0, 0.05) is 18.8 Å². The molecule has 2 atom stereocenters. The van der Waals surface area contributed by atoms with E-state index in [-0.39, 0.29) is 22.6 Å². The van der Waals surface area contributed by atoms with Gasteiger partial charge >= 0.3 is 0 Å². The molecular weight excluding hydrogens is 461 g/mol. The van der Waals surface area contributed by atoms with Crippen LogP contribution in [0.1, 0.15) is 26.7 Å². The zero-order valence-electron chi connectivity index (χ0n) is 19.2. The fraction of sp³-hybridized carbons (Fsp3) is 0.417. The number of hydrogen-bond acceptors (Lipinski definition) is 5. The SMILES string of the molecule is CC(C)[C@@H](C(=O)NC[C@H]1CCCO1)N(C(=O)CNS(=O)(=O)c1ccccc1)c1cccc(F)c1. The van der Waals surface area contributed by atoms with Crippen LogP contribution in [0, 0.1) is 11.7 Å². The molecule has 1 aliphatic heterocycles. The molecule has 0 saturated carbocycles. The van der Waals surface area contributed by atoms with Crippen molar-refractivity contribution in [1.29, 1.82) is 0 Å². The Hall–Kier alpha value is -2.82. The van der Waals surface area contributed by atoms with Crippen molar-refractivity contribution < 1.29 is 27.1 Å². The third-order valence-corrected chi connectivity index (χ3v) is 6.95. The van der Waals surface area contributed by atoms with E-state index in [4.69, 9.17) is 4.74 Å². The second-order valence-corrected chi connectivity index (χ2v) is 10.2. The Balaban J connectivity index is 1.84. The highest BCUT2D eigenvalue weighted by Gasteiger charge is 2.34. The molecule has 10 heteroatoms. The van der Waals surface area contributed by atoms with E-state index in [1.807, 2.05) is 0 Å². The van der Waals surface area contributed by atoms with Crippen LogP contribution >= 0.6 is 0 Å². The molecule has 2 aromatic rings. The van der Waals surface area contributed by atoms with Gasteiger partial charge in [0.05, 0.1) is 17.5 Å². The smallest absolute Gasteiger partial charge is 0.243 e. The van der Waals surface area contributed by atoms with Gasteiger partial charge in [-0.15, -0.1) is 0 Å². The highest BCUT2D eigenvalue weighted by Crippen LogP contribution is 2.23. The van der Waals surface area contributed by atoms with Crippen molar-refractivity contribution in [2.24, 2.45) is 5.92 Å². The number of carbonyl (C=O) groups is 2. The lowest BCUT2D eigenvalue weighted by Crippen LogP contribution is -2.55. The summed E-state index contributed by atoms with van der Waals surface area (Å²) in [7, 11) is -3.96. The molecule has 0 bridgehead atoms. The number of ether oxygens (including phenoxy) is 1. The quantitative estimate of drug-likeness (QED) is 0.531. The van der Waals surface area contributed by atoms with E-state index in [0.29, 0.717) is 13.2 Å². The number of benzene rings is 2. The fourth-order valence-electron chi connectivity index (χ4n) is 3.85. The zero-order chi connectivity index (χ0) is 24.7. The molecule has 1 fully saturated rings. The summed E-state index contributed by atoms with van der Waals surface area (Å²) >= 11 is 0. The molecule has 0 unspecified atom stereocenters. The number of amides is 2. The molecule has 8 nitrogen and oxygen atoms in total. The molecule has 1 aliphatic rings. The van der Waals surface area contributed by atoms with Gasteiger partial charge in [-0.2, -0.15) is 0 Å². The molecule has 0 radical (unpaired) electrons. The first-order valence-electron chi connectivity index (χ1n) is 11.2. The van der Waals surface area contributed by atoms with Gasteiger partial charge in [-0.3, -0.25) is 14.5 Å². The first kappa shape index (κ1) is 25.8. The number of sulfonamides is 1. The lowest BCUT2D eigenvalue weighted by Gasteiger charge is -2.34.